The summed E-state index contributed by atoms with van der Waals surface area (Å²) in [7, 11) is 6.90. The largest absolute Gasteiger partial charge is 0.494 e. The number of carbonyl (C=O) groups excluding carboxylic acids is 2. The molecular weight excluding hydrogens is 1070 g/mol. The molecule has 4 N–H and O–H groups in total. The summed E-state index contributed by atoms with van der Waals surface area (Å²) in [4.78, 5) is 25.4. The molecular formula is C63H66BrF4N7O4. The number of fused-ring (bicyclic) bond motifs is 2. The molecule has 0 aliphatic heterocycles. The minimum atomic E-state index is -0.607. The average molecular weight is 1140 g/mol. The van der Waals surface area contributed by atoms with E-state index in [4.69, 9.17) is 15.2 Å². The van der Waals surface area contributed by atoms with E-state index in [0.29, 0.717) is 49.5 Å². The van der Waals surface area contributed by atoms with Gasteiger partial charge in [-0.1, -0.05) is 78.3 Å². The van der Waals surface area contributed by atoms with Gasteiger partial charge in [0, 0.05) is 63.0 Å². The molecule has 0 fully saturated rings. The first-order valence-electron chi connectivity index (χ1n) is 25.9. The predicted octanol–water partition coefficient (Wildman–Crippen LogP) is 14.0. The molecule has 2 amide bonds. The summed E-state index contributed by atoms with van der Waals surface area (Å²) in [5, 5.41) is 16.8. The van der Waals surface area contributed by atoms with Gasteiger partial charge in [0.2, 0.25) is 11.8 Å². The Hall–Kier alpha value is -8.08. The molecule has 0 saturated carbocycles. The Balaban J connectivity index is 0.000000225. The fourth-order valence-corrected chi connectivity index (χ4v) is 8.71. The first-order valence-corrected chi connectivity index (χ1v) is 27.0. The highest BCUT2D eigenvalue weighted by molar-refractivity contribution is 9.09. The number of carbonyl (C=O) groups is 2. The molecule has 0 atom stereocenters. The third-order valence-corrected chi connectivity index (χ3v) is 12.8. The predicted molar refractivity (Wildman–Crippen MR) is 314 cm³/mol. The summed E-state index contributed by atoms with van der Waals surface area (Å²) in [6, 6.07) is 34.7. The SMILES string of the molecule is CC/C(=C(/c1ccc(OCCCC/C=C/C(=O)N(C)C)cc1)c1ccc2[nH]ncc2c1)c1cc(F)cc(F)c1.CC/C(=C(/c1ccc(OCCN)cc1)c1ccc2[nH]ncc2c1)c1cc(F)cc(F)c1.CN(C)C(=O)/C=C/CBr. The average Bonchev–Trinajstić information content (AvgIpc) is 4.21. The zero-order valence-corrected chi connectivity index (χ0v) is 46.9. The Bertz CT molecular complexity index is 3380. The van der Waals surface area contributed by atoms with Crippen molar-refractivity contribution in [2.24, 2.45) is 5.73 Å². The van der Waals surface area contributed by atoms with Crippen LogP contribution in [0.25, 0.3) is 44.1 Å². The normalized spacial score (nSPS) is 11.9. The van der Waals surface area contributed by atoms with Crippen molar-refractivity contribution in [3.63, 3.8) is 0 Å². The van der Waals surface area contributed by atoms with Crippen LogP contribution >= 0.6 is 15.9 Å². The van der Waals surface area contributed by atoms with Crippen LogP contribution in [0, 0.1) is 23.3 Å². The lowest BCUT2D eigenvalue weighted by Crippen LogP contribution is -2.18. The molecule has 0 aliphatic rings. The number of nitrogens with two attached hydrogens (primary N) is 1. The van der Waals surface area contributed by atoms with Gasteiger partial charge in [0.05, 0.1) is 30.0 Å². The molecule has 8 aromatic rings. The summed E-state index contributed by atoms with van der Waals surface area (Å²) >= 11 is 3.17. The maximum absolute atomic E-state index is 14.2. The molecule has 2 heterocycles. The Morgan fingerprint density at radius 2 is 0.949 bits per heavy atom. The number of unbranched alkanes of at least 4 members (excludes halogenated alkanes) is 2. The molecule has 6 aromatic carbocycles. The molecule has 0 spiro atoms. The van der Waals surface area contributed by atoms with Gasteiger partial charge in [-0.25, -0.2) is 17.6 Å². The van der Waals surface area contributed by atoms with Crippen LogP contribution in [0.3, 0.4) is 0 Å². The first-order chi connectivity index (χ1) is 38.1. The summed E-state index contributed by atoms with van der Waals surface area (Å²) in [5.74, 6) is -0.946. The molecule has 79 heavy (non-hydrogen) atoms. The number of allylic oxidation sites excluding steroid dienone is 4. The monoisotopic (exact) mass is 1140 g/mol. The lowest BCUT2D eigenvalue weighted by molar-refractivity contribution is -0.124. The second-order valence-corrected chi connectivity index (χ2v) is 19.2. The second kappa shape index (κ2) is 30.2. The lowest BCUT2D eigenvalue weighted by atomic mass is 9.87. The van der Waals surface area contributed by atoms with Crippen LogP contribution in [0.5, 0.6) is 11.5 Å². The van der Waals surface area contributed by atoms with Crippen molar-refractivity contribution in [1.82, 2.24) is 30.2 Å². The van der Waals surface area contributed by atoms with Gasteiger partial charge >= 0.3 is 0 Å². The number of aromatic amines is 2. The summed E-state index contributed by atoms with van der Waals surface area (Å²) in [6.07, 6.45) is 14.1. The van der Waals surface area contributed by atoms with E-state index in [1.807, 2.05) is 105 Å². The minimum absolute atomic E-state index is 0.0155. The minimum Gasteiger partial charge on any atom is -0.494 e. The van der Waals surface area contributed by atoms with Crippen LogP contribution in [0.4, 0.5) is 17.6 Å². The van der Waals surface area contributed by atoms with Crippen molar-refractivity contribution in [2.45, 2.75) is 46.0 Å². The number of H-pyrrole nitrogens is 2. The molecule has 0 saturated heterocycles. The van der Waals surface area contributed by atoms with Crippen LogP contribution in [0.1, 0.15) is 79.3 Å². The van der Waals surface area contributed by atoms with E-state index in [0.717, 1.165) is 109 Å². The van der Waals surface area contributed by atoms with Crippen LogP contribution in [0.15, 0.2) is 158 Å². The second-order valence-electron chi connectivity index (χ2n) is 18.5. The highest BCUT2D eigenvalue weighted by Gasteiger charge is 2.18. The lowest BCUT2D eigenvalue weighted by Gasteiger charge is -2.17. The Labute approximate surface area is 467 Å². The van der Waals surface area contributed by atoms with Gasteiger partial charge < -0.3 is 25.0 Å². The molecule has 16 heteroatoms. The molecule has 0 aliphatic carbocycles. The zero-order chi connectivity index (χ0) is 56.8. The van der Waals surface area contributed by atoms with Gasteiger partial charge in [0.15, 0.2) is 0 Å². The molecule has 0 unspecified atom stereocenters. The fraction of sp³-hybridized carbons (Fsp3) is 0.238. The molecule has 2 aromatic heterocycles. The number of likely N-dealkylation sites (N-methyl/N-ethyl adjacent to an activating group) is 2. The standard InChI is InChI=1S/C32H33F2N3O2.C25H23F2N3O.C6H10BrNO/c1-4-29(24-18-26(33)20-27(34)19-24)32(23-12-15-30-25(17-23)21-35-36-30)22-10-13-28(14-11-22)39-16-8-6-5-7-9-31(38)37(2)3;1-2-23(18-12-20(26)14-21(27)13-18)25(16-3-6-22(7-4-16)31-10-9-28)17-5-8-24-19(11-17)15-29-30-24;1-8(2)6(9)4-3-5-7/h7,9-15,17-21H,4-6,8,16H2,1-3H3,(H,35,36);3-8,11-15H,2,9-10,28H2,1H3,(H,29,30);3-4H,5H2,1-2H3/b9-7+,32-29+;25-23+;4-3+. The van der Waals surface area contributed by atoms with E-state index in [2.05, 4.69) is 36.3 Å². The van der Waals surface area contributed by atoms with E-state index < -0.39 is 23.3 Å². The number of nitrogens with one attached hydrogen (secondary N) is 2. The topological polar surface area (TPSA) is 142 Å². The Morgan fingerprint density at radius 3 is 1.34 bits per heavy atom. The Morgan fingerprint density at radius 1 is 0.544 bits per heavy atom. The number of alkyl halides is 1. The van der Waals surface area contributed by atoms with Crippen molar-refractivity contribution in [3.05, 3.63) is 215 Å². The van der Waals surface area contributed by atoms with Crippen molar-refractivity contribution < 1.29 is 36.6 Å². The molecule has 11 nitrogen and oxygen atoms in total. The van der Waals surface area contributed by atoms with Gasteiger partial charge in [0.1, 0.15) is 41.4 Å². The van der Waals surface area contributed by atoms with Crippen molar-refractivity contribution in [3.8, 4) is 11.5 Å². The van der Waals surface area contributed by atoms with Crippen molar-refractivity contribution in [2.75, 3.05) is 53.3 Å². The van der Waals surface area contributed by atoms with Crippen LogP contribution in [-0.2, 0) is 9.59 Å². The van der Waals surface area contributed by atoms with E-state index in [-0.39, 0.29) is 11.8 Å². The van der Waals surface area contributed by atoms with E-state index >= 15 is 0 Å². The molecule has 0 bridgehead atoms. The first kappa shape index (κ1) is 60.2. The van der Waals surface area contributed by atoms with Gasteiger partial charge in [-0.3, -0.25) is 19.8 Å². The molecule has 0 radical (unpaired) electrons. The van der Waals surface area contributed by atoms with E-state index in [9.17, 15) is 27.2 Å². The quantitative estimate of drug-likeness (QED) is 0.0227. The summed E-state index contributed by atoms with van der Waals surface area (Å²) < 4.78 is 68.0. The van der Waals surface area contributed by atoms with Crippen LogP contribution in [0.2, 0.25) is 0 Å². The van der Waals surface area contributed by atoms with Crippen molar-refractivity contribution in [1.29, 1.82) is 0 Å². The third-order valence-electron chi connectivity index (χ3n) is 12.4. The number of rotatable bonds is 20. The highest BCUT2D eigenvalue weighted by atomic mass is 79.9. The smallest absolute Gasteiger partial charge is 0.245 e. The van der Waals surface area contributed by atoms with Gasteiger partial charge in [-0.2, -0.15) is 10.2 Å². The Kier molecular flexibility index (Phi) is 23.0. The number of benzene rings is 6. The van der Waals surface area contributed by atoms with Gasteiger partial charge in [0.25, 0.3) is 0 Å². The van der Waals surface area contributed by atoms with E-state index in [1.54, 1.807) is 57.6 Å². The zero-order valence-electron chi connectivity index (χ0n) is 45.3. The summed E-state index contributed by atoms with van der Waals surface area (Å²) in [5.41, 5.74) is 15.6. The van der Waals surface area contributed by atoms with Crippen LogP contribution in [-0.4, -0.2) is 95.3 Å². The number of halogens is 5. The number of aromatic nitrogens is 4. The van der Waals surface area contributed by atoms with Gasteiger partial charge in [-0.15, -0.1) is 0 Å². The van der Waals surface area contributed by atoms with E-state index in [1.165, 1.54) is 35.2 Å². The third kappa shape index (κ3) is 17.5. The summed E-state index contributed by atoms with van der Waals surface area (Å²) in [6.45, 7) is 5.40. The number of nitrogens with zero attached hydrogens (tertiary/aromatic N) is 4. The van der Waals surface area contributed by atoms with Gasteiger partial charge in [-0.05, 0) is 173 Å². The van der Waals surface area contributed by atoms with Crippen molar-refractivity contribution >= 4 is 71.8 Å². The number of ether oxygens (including phenoxy) is 2. The van der Waals surface area contributed by atoms with Crippen LogP contribution < -0.4 is 15.2 Å². The number of hydrogen-bond acceptors (Lipinski definition) is 7. The molecule has 8 rings (SSSR count). The number of amides is 2. The maximum Gasteiger partial charge on any atom is 0.245 e. The number of hydrogen-bond donors (Lipinski definition) is 3. The fourth-order valence-electron chi connectivity index (χ4n) is 8.53. The highest BCUT2D eigenvalue weighted by Crippen LogP contribution is 2.38. The molecule has 412 valence electrons. The maximum atomic E-state index is 14.2.